The SMILES string of the molecule is CN1C(=O)N/C(=N\Cl)C(Cl)(Cl)C1O. The fourth-order valence-electron chi connectivity index (χ4n) is 0.827. The molecule has 0 aromatic carbocycles. The molecule has 8 heteroatoms. The lowest BCUT2D eigenvalue weighted by Crippen LogP contribution is -2.64. The van der Waals surface area contributed by atoms with Gasteiger partial charge in [0.15, 0.2) is 12.1 Å². The number of carbonyl (C=O) groups is 1. The van der Waals surface area contributed by atoms with E-state index >= 15 is 0 Å². The quantitative estimate of drug-likeness (QED) is 0.618. The number of amides is 2. The lowest BCUT2D eigenvalue weighted by Gasteiger charge is -2.37. The van der Waals surface area contributed by atoms with E-state index in [0.29, 0.717) is 0 Å². The van der Waals surface area contributed by atoms with Crippen LogP contribution in [0.25, 0.3) is 0 Å². The number of nitrogens with zero attached hydrogens (tertiary/aromatic N) is 2. The zero-order valence-electron chi connectivity index (χ0n) is 6.46. The molecule has 0 aromatic heterocycles. The Bertz CT molecular complexity index is 268. The highest BCUT2D eigenvalue weighted by Crippen LogP contribution is 2.31. The Morgan fingerprint density at radius 2 is 2.23 bits per heavy atom. The highest BCUT2D eigenvalue weighted by molar-refractivity contribution is 6.60. The summed E-state index contributed by atoms with van der Waals surface area (Å²) in [4.78, 5) is 12.0. The summed E-state index contributed by atoms with van der Waals surface area (Å²) in [6.07, 6.45) is -1.39. The molecule has 2 amide bonds. The van der Waals surface area contributed by atoms with Crippen LogP contribution in [0.4, 0.5) is 4.79 Å². The van der Waals surface area contributed by atoms with E-state index in [1.807, 2.05) is 0 Å². The van der Waals surface area contributed by atoms with Crippen molar-refractivity contribution in [3.63, 3.8) is 0 Å². The number of nitrogens with one attached hydrogen (secondary N) is 1. The molecule has 0 bridgehead atoms. The minimum absolute atomic E-state index is 0.187. The zero-order valence-corrected chi connectivity index (χ0v) is 8.73. The summed E-state index contributed by atoms with van der Waals surface area (Å²) < 4.78 is 1.41. The number of carbonyl (C=O) groups excluding carboxylic acids is 1. The topological polar surface area (TPSA) is 64.9 Å². The molecular weight excluding hydrogens is 240 g/mol. The third-order valence-electron chi connectivity index (χ3n) is 1.64. The molecule has 1 aliphatic heterocycles. The summed E-state index contributed by atoms with van der Waals surface area (Å²) in [5.74, 6) is -0.187. The molecule has 0 aliphatic carbocycles. The van der Waals surface area contributed by atoms with Gasteiger partial charge >= 0.3 is 6.03 Å². The molecule has 1 fully saturated rings. The van der Waals surface area contributed by atoms with Crippen molar-refractivity contribution in [2.45, 2.75) is 10.6 Å². The van der Waals surface area contributed by atoms with Crippen molar-refractivity contribution in [1.82, 2.24) is 10.2 Å². The van der Waals surface area contributed by atoms with Crippen LogP contribution in [-0.4, -0.2) is 39.5 Å². The predicted octanol–water partition coefficient (Wildman–Crippen LogP) is 0.686. The van der Waals surface area contributed by atoms with Gasteiger partial charge in [0.2, 0.25) is 4.33 Å². The molecule has 1 atom stereocenters. The molecule has 1 heterocycles. The summed E-state index contributed by atoms with van der Waals surface area (Å²) in [6.45, 7) is 0. The molecule has 0 aromatic rings. The number of urea groups is 1. The molecule has 1 rings (SSSR count). The van der Waals surface area contributed by atoms with Crippen LogP contribution < -0.4 is 5.32 Å². The van der Waals surface area contributed by atoms with Gasteiger partial charge in [-0.05, 0) is 0 Å². The van der Waals surface area contributed by atoms with Crippen molar-refractivity contribution in [1.29, 1.82) is 0 Å². The largest absolute Gasteiger partial charge is 0.370 e. The monoisotopic (exact) mass is 245 g/mol. The predicted molar refractivity (Wildman–Crippen MR) is 50.0 cm³/mol. The first kappa shape index (κ1) is 10.8. The average molecular weight is 246 g/mol. The van der Waals surface area contributed by atoms with Crippen LogP contribution in [0, 0.1) is 0 Å². The first-order chi connectivity index (χ1) is 5.91. The summed E-state index contributed by atoms with van der Waals surface area (Å²) in [6, 6.07) is -0.580. The van der Waals surface area contributed by atoms with E-state index in [-0.39, 0.29) is 5.84 Å². The van der Waals surface area contributed by atoms with Crippen LogP contribution in [0.15, 0.2) is 4.51 Å². The number of hydrogen-bond donors (Lipinski definition) is 2. The molecule has 5 nitrogen and oxygen atoms in total. The van der Waals surface area contributed by atoms with Crippen molar-refractivity contribution < 1.29 is 9.90 Å². The maximum atomic E-state index is 11.1. The second kappa shape index (κ2) is 3.49. The molecule has 2 N–H and O–H groups in total. The number of amidine groups is 1. The van der Waals surface area contributed by atoms with Gasteiger partial charge in [-0.25, -0.2) is 4.79 Å². The number of aliphatic hydroxyl groups excluding tert-OH is 1. The van der Waals surface area contributed by atoms with Gasteiger partial charge in [0.05, 0.1) is 0 Å². The summed E-state index contributed by atoms with van der Waals surface area (Å²) in [5.41, 5.74) is 0. The van der Waals surface area contributed by atoms with Crippen LogP contribution in [-0.2, 0) is 0 Å². The Morgan fingerprint density at radius 3 is 2.69 bits per heavy atom. The van der Waals surface area contributed by atoms with E-state index in [2.05, 4.69) is 9.83 Å². The van der Waals surface area contributed by atoms with Crippen LogP contribution in [0.2, 0.25) is 0 Å². The minimum atomic E-state index is -1.73. The molecule has 74 valence electrons. The molecule has 0 radical (unpaired) electrons. The van der Waals surface area contributed by atoms with Gasteiger partial charge in [-0.3, -0.25) is 10.2 Å². The van der Waals surface area contributed by atoms with Crippen molar-refractivity contribution in [3.8, 4) is 0 Å². The Kier molecular flexibility index (Phi) is 2.91. The number of alkyl halides is 2. The lowest BCUT2D eigenvalue weighted by atomic mass is 10.2. The van der Waals surface area contributed by atoms with Gasteiger partial charge in [-0.1, -0.05) is 23.2 Å². The standard InChI is InChI=1S/C5H6Cl3N3O2/c1-11-3(12)5(6,7)2(10-8)9-4(11)13/h3,12H,1H3,(H,9,10,13). The Balaban J connectivity index is 3.03. The third kappa shape index (κ3) is 1.69. The van der Waals surface area contributed by atoms with Gasteiger partial charge in [-0.2, -0.15) is 4.51 Å². The maximum Gasteiger partial charge on any atom is 0.324 e. The normalized spacial score (nSPS) is 30.5. The molecule has 0 saturated carbocycles. The Labute approximate surface area is 89.4 Å². The average Bonchev–Trinajstić information content (AvgIpc) is 2.08. The van der Waals surface area contributed by atoms with Crippen molar-refractivity contribution in [3.05, 3.63) is 0 Å². The van der Waals surface area contributed by atoms with E-state index in [1.165, 1.54) is 7.05 Å². The number of rotatable bonds is 0. The Hall–Kier alpha value is -0.230. The number of halogens is 3. The van der Waals surface area contributed by atoms with Crippen LogP contribution >= 0.6 is 35.0 Å². The van der Waals surface area contributed by atoms with Gasteiger partial charge in [0.25, 0.3) is 0 Å². The van der Waals surface area contributed by atoms with Crippen molar-refractivity contribution in [2.75, 3.05) is 7.05 Å². The smallest absolute Gasteiger partial charge is 0.324 e. The first-order valence-corrected chi connectivity index (χ1v) is 4.29. The molecule has 1 aliphatic rings. The Morgan fingerprint density at radius 1 is 1.69 bits per heavy atom. The van der Waals surface area contributed by atoms with Crippen LogP contribution in [0.1, 0.15) is 0 Å². The van der Waals surface area contributed by atoms with Gasteiger partial charge in [0.1, 0.15) is 0 Å². The number of aliphatic hydroxyl groups is 1. The first-order valence-electron chi connectivity index (χ1n) is 3.20. The fraction of sp³-hybridized carbons (Fsp3) is 0.600. The second-order valence-corrected chi connectivity index (χ2v) is 4.03. The van der Waals surface area contributed by atoms with Crippen LogP contribution in [0.5, 0.6) is 0 Å². The fourth-order valence-corrected chi connectivity index (χ4v) is 1.56. The van der Waals surface area contributed by atoms with Gasteiger partial charge < -0.3 is 5.11 Å². The van der Waals surface area contributed by atoms with Crippen molar-refractivity contribution >= 4 is 46.8 Å². The van der Waals surface area contributed by atoms with Crippen LogP contribution in [0.3, 0.4) is 0 Å². The summed E-state index contributed by atoms with van der Waals surface area (Å²) >= 11 is 16.5. The third-order valence-corrected chi connectivity index (χ3v) is 2.55. The van der Waals surface area contributed by atoms with E-state index in [1.54, 1.807) is 0 Å². The van der Waals surface area contributed by atoms with E-state index < -0.39 is 16.6 Å². The van der Waals surface area contributed by atoms with E-state index in [4.69, 9.17) is 35.0 Å². The van der Waals surface area contributed by atoms with Gasteiger partial charge in [0, 0.05) is 18.8 Å². The van der Waals surface area contributed by atoms with Crippen molar-refractivity contribution in [2.24, 2.45) is 4.51 Å². The van der Waals surface area contributed by atoms with E-state index in [9.17, 15) is 9.90 Å². The molecule has 1 unspecified atom stereocenters. The highest BCUT2D eigenvalue weighted by atomic mass is 35.5. The van der Waals surface area contributed by atoms with Gasteiger partial charge in [-0.15, -0.1) is 0 Å². The second-order valence-electron chi connectivity index (χ2n) is 2.47. The summed E-state index contributed by atoms with van der Waals surface area (Å²) in [5, 5.41) is 11.7. The summed E-state index contributed by atoms with van der Waals surface area (Å²) in [7, 11) is 1.34. The van der Waals surface area contributed by atoms with E-state index in [0.717, 1.165) is 4.90 Å². The zero-order chi connectivity index (χ0) is 10.2. The molecular formula is C5H6Cl3N3O2. The minimum Gasteiger partial charge on any atom is -0.370 e. The number of hydrogen-bond acceptors (Lipinski definition) is 3. The molecule has 1 saturated heterocycles. The molecule has 13 heavy (non-hydrogen) atoms. The molecule has 0 spiro atoms. The lowest BCUT2D eigenvalue weighted by molar-refractivity contribution is 0.0410. The maximum absolute atomic E-state index is 11.1. The highest BCUT2D eigenvalue weighted by Gasteiger charge is 2.48.